The first kappa shape index (κ1) is 19.3. The molecule has 9 heteroatoms. The number of hydrogen-bond acceptors (Lipinski definition) is 5. The smallest absolute Gasteiger partial charge is 0.270 e. The van der Waals surface area contributed by atoms with Gasteiger partial charge >= 0.3 is 0 Å². The maximum Gasteiger partial charge on any atom is 0.270 e. The van der Waals surface area contributed by atoms with Crippen molar-refractivity contribution in [1.82, 2.24) is 10.3 Å². The normalized spacial score (nSPS) is 31.0. The number of nitro groups is 1. The van der Waals surface area contributed by atoms with Gasteiger partial charge in [0.15, 0.2) is 0 Å². The Balaban J connectivity index is 1.42. The third-order valence-electron chi connectivity index (χ3n) is 6.70. The Labute approximate surface area is 164 Å². The van der Waals surface area contributed by atoms with Gasteiger partial charge in [-0.1, -0.05) is 6.07 Å². The Morgan fingerprint density at radius 1 is 1.18 bits per heavy atom. The maximum absolute atomic E-state index is 12.5. The SMILES string of the molecule is Cc1ccc([N+](=O)[O-])cc1S(=O)(=O)NNC(=O)CC12CC3CC(CC(C3)C1)C2. The van der Waals surface area contributed by atoms with E-state index in [-0.39, 0.29) is 21.9 Å². The molecule has 0 aromatic heterocycles. The Hall–Kier alpha value is -2.00. The molecule has 152 valence electrons. The summed E-state index contributed by atoms with van der Waals surface area (Å²) in [5, 5.41) is 10.9. The Morgan fingerprint density at radius 2 is 1.75 bits per heavy atom. The zero-order valence-corrected chi connectivity index (χ0v) is 16.6. The Kier molecular flexibility index (Phi) is 4.70. The van der Waals surface area contributed by atoms with Crippen LogP contribution in [0.4, 0.5) is 5.69 Å². The van der Waals surface area contributed by atoms with Crippen LogP contribution in [-0.4, -0.2) is 19.2 Å². The molecule has 1 aromatic carbocycles. The summed E-state index contributed by atoms with van der Waals surface area (Å²) < 4.78 is 25.1. The monoisotopic (exact) mass is 407 g/mol. The van der Waals surface area contributed by atoms with E-state index in [0.717, 1.165) is 25.3 Å². The molecular formula is C19H25N3O5S. The molecule has 0 radical (unpaired) electrons. The van der Waals surface area contributed by atoms with Crippen LogP contribution in [0.3, 0.4) is 0 Å². The Morgan fingerprint density at radius 3 is 2.29 bits per heavy atom. The van der Waals surface area contributed by atoms with Crippen LogP contribution in [0, 0.1) is 40.2 Å². The van der Waals surface area contributed by atoms with E-state index in [1.54, 1.807) is 6.92 Å². The Bertz CT molecular complexity index is 892. The average molecular weight is 407 g/mol. The first-order valence-electron chi connectivity index (χ1n) is 9.71. The van der Waals surface area contributed by atoms with Crippen LogP contribution >= 0.6 is 0 Å². The summed E-state index contributed by atoms with van der Waals surface area (Å²) in [5.41, 5.74) is 2.39. The molecular weight excluding hydrogens is 382 g/mol. The average Bonchev–Trinajstić information content (AvgIpc) is 2.58. The van der Waals surface area contributed by atoms with Crippen LogP contribution in [0.15, 0.2) is 23.1 Å². The van der Waals surface area contributed by atoms with Crippen LogP contribution < -0.4 is 10.3 Å². The number of sulfonamides is 1. The predicted molar refractivity (Wildman–Crippen MR) is 102 cm³/mol. The van der Waals surface area contributed by atoms with Gasteiger partial charge in [0.05, 0.1) is 9.82 Å². The van der Waals surface area contributed by atoms with Crippen molar-refractivity contribution in [2.24, 2.45) is 23.2 Å². The molecule has 1 aromatic rings. The second-order valence-electron chi connectivity index (χ2n) is 8.95. The molecule has 8 nitrogen and oxygen atoms in total. The zero-order chi connectivity index (χ0) is 20.1. The molecule has 1 amide bonds. The van der Waals surface area contributed by atoms with Crippen LogP contribution in [-0.2, 0) is 14.8 Å². The molecule has 4 saturated carbocycles. The van der Waals surface area contributed by atoms with Crippen molar-refractivity contribution < 1.29 is 18.1 Å². The summed E-state index contributed by atoms with van der Waals surface area (Å²) in [6.07, 6.45) is 7.33. The van der Waals surface area contributed by atoms with Gasteiger partial charge in [-0.25, -0.2) is 8.42 Å². The van der Waals surface area contributed by atoms with Crippen LogP contribution in [0.2, 0.25) is 0 Å². The molecule has 4 aliphatic rings. The van der Waals surface area contributed by atoms with Crippen molar-refractivity contribution in [1.29, 1.82) is 0 Å². The molecule has 4 aliphatic carbocycles. The van der Waals surface area contributed by atoms with Gasteiger partial charge in [0, 0.05) is 18.6 Å². The number of benzene rings is 1. The number of hydrazine groups is 1. The minimum Gasteiger partial charge on any atom is -0.278 e. The minimum absolute atomic E-state index is 0.00568. The van der Waals surface area contributed by atoms with Crippen molar-refractivity contribution in [3.05, 3.63) is 33.9 Å². The van der Waals surface area contributed by atoms with Gasteiger partial charge < -0.3 is 0 Å². The molecule has 2 N–H and O–H groups in total. The lowest BCUT2D eigenvalue weighted by Gasteiger charge is -2.56. The van der Waals surface area contributed by atoms with Crippen LogP contribution in [0.25, 0.3) is 0 Å². The van der Waals surface area contributed by atoms with E-state index in [1.807, 2.05) is 0 Å². The molecule has 0 atom stereocenters. The van der Waals surface area contributed by atoms with Gasteiger partial charge in [0.25, 0.3) is 15.7 Å². The van der Waals surface area contributed by atoms with E-state index < -0.39 is 14.9 Å². The lowest BCUT2D eigenvalue weighted by Crippen LogP contribution is -2.50. The van der Waals surface area contributed by atoms with E-state index in [9.17, 15) is 23.3 Å². The molecule has 0 saturated heterocycles. The highest BCUT2D eigenvalue weighted by Gasteiger charge is 2.51. The van der Waals surface area contributed by atoms with Crippen molar-refractivity contribution >= 4 is 21.6 Å². The largest absolute Gasteiger partial charge is 0.278 e. The van der Waals surface area contributed by atoms with Gasteiger partial charge in [-0.15, -0.1) is 4.83 Å². The second-order valence-corrected chi connectivity index (χ2v) is 10.6. The molecule has 0 heterocycles. The molecule has 4 bridgehead atoms. The number of nitrogens with zero attached hydrogens (tertiary/aromatic N) is 1. The topological polar surface area (TPSA) is 118 Å². The van der Waals surface area contributed by atoms with Crippen LogP contribution in [0.1, 0.15) is 50.5 Å². The summed E-state index contributed by atoms with van der Waals surface area (Å²) >= 11 is 0. The van der Waals surface area contributed by atoms with E-state index in [0.29, 0.717) is 29.7 Å². The van der Waals surface area contributed by atoms with Crippen molar-refractivity contribution in [2.75, 3.05) is 0 Å². The number of nitro benzene ring substituents is 1. The fourth-order valence-electron chi connectivity index (χ4n) is 6.06. The fraction of sp³-hybridized carbons (Fsp3) is 0.632. The molecule has 4 fully saturated rings. The lowest BCUT2D eigenvalue weighted by atomic mass is 9.49. The lowest BCUT2D eigenvalue weighted by molar-refractivity contribution is -0.385. The standard InChI is InChI=1S/C19H25N3O5S/c1-12-2-3-16(22(24)25)7-17(12)28(26,27)21-20-18(23)11-19-8-13-4-14(9-19)6-15(5-13)10-19/h2-3,7,13-15,21H,4-6,8-11H2,1H3,(H,20,23). The zero-order valence-electron chi connectivity index (χ0n) is 15.8. The highest BCUT2D eigenvalue weighted by atomic mass is 32.2. The number of hydrogen-bond donors (Lipinski definition) is 2. The third-order valence-corrected chi connectivity index (χ3v) is 8.09. The number of amides is 1. The summed E-state index contributed by atoms with van der Waals surface area (Å²) in [5.74, 6) is 1.79. The van der Waals surface area contributed by atoms with Gasteiger partial charge in [0.1, 0.15) is 0 Å². The highest BCUT2D eigenvalue weighted by Crippen LogP contribution is 2.61. The number of nitrogens with one attached hydrogen (secondary N) is 2. The van der Waals surface area contributed by atoms with E-state index in [2.05, 4.69) is 10.3 Å². The van der Waals surface area contributed by atoms with Gasteiger partial charge in [-0.2, -0.15) is 0 Å². The summed E-state index contributed by atoms with van der Waals surface area (Å²) in [7, 11) is -4.09. The van der Waals surface area contributed by atoms with Gasteiger partial charge in [-0.3, -0.25) is 20.3 Å². The molecule has 0 unspecified atom stereocenters. The summed E-state index contributed by atoms with van der Waals surface area (Å²) in [6, 6.07) is 3.63. The first-order chi connectivity index (χ1) is 13.2. The number of aryl methyl sites for hydroxylation is 1. The molecule has 5 rings (SSSR count). The van der Waals surface area contributed by atoms with Crippen molar-refractivity contribution in [3.8, 4) is 0 Å². The molecule has 0 aliphatic heterocycles. The number of non-ortho nitro benzene ring substituents is 1. The number of carbonyl (C=O) groups excluding carboxylic acids is 1. The highest BCUT2D eigenvalue weighted by molar-refractivity contribution is 7.89. The van der Waals surface area contributed by atoms with Gasteiger partial charge in [-0.05, 0) is 74.2 Å². The van der Waals surface area contributed by atoms with E-state index in [1.165, 1.54) is 31.4 Å². The summed E-state index contributed by atoms with van der Waals surface area (Å²) in [6.45, 7) is 1.55. The predicted octanol–water partition coefficient (Wildman–Crippen LogP) is 2.82. The fourth-order valence-corrected chi connectivity index (χ4v) is 7.19. The molecule has 28 heavy (non-hydrogen) atoms. The number of carbonyl (C=O) groups is 1. The molecule has 0 spiro atoms. The van der Waals surface area contributed by atoms with E-state index >= 15 is 0 Å². The minimum atomic E-state index is -4.09. The third kappa shape index (κ3) is 3.65. The summed E-state index contributed by atoms with van der Waals surface area (Å²) in [4.78, 5) is 24.7. The van der Waals surface area contributed by atoms with Crippen molar-refractivity contribution in [2.45, 2.75) is 56.8 Å². The maximum atomic E-state index is 12.5. The van der Waals surface area contributed by atoms with Crippen molar-refractivity contribution in [3.63, 3.8) is 0 Å². The quantitative estimate of drug-likeness (QED) is 0.555. The van der Waals surface area contributed by atoms with Crippen LogP contribution in [0.5, 0.6) is 0 Å². The van der Waals surface area contributed by atoms with E-state index in [4.69, 9.17) is 0 Å². The van der Waals surface area contributed by atoms with Gasteiger partial charge in [0.2, 0.25) is 5.91 Å². The second kappa shape index (κ2) is 6.81. The first-order valence-corrected chi connectivity index (χ1v) is 11.2. The number of rotatable bonds is 6.